The molecule has 3 N–H and O–H groups in total. The van der Waals surface area contributed by atoms with Crippen LogP contribution < -0.4 is 5.32 Å². The predicted molar refractivity (Wildman–Crippen MR) is 118 cm³/mol. The summed E-state index contributed by atoms with van der Waals surface area (Å²) in [6, 6.07) is 10.7. The van der Waals surface area contributed by atoms with Gasteiger partial charge < -0.3 is 10.2 Å². The zero-order valence-electron chi connectivity index (χ0n) is 18.2. The molecule has 2 saturated heterocycles. The lowest BCUT2D eigenvalue weighted by Gasteiger charge is -2.34. The molecule has 0 radical (unpaired) electrons. The Bertz CT molecular complexity index is 1070. The van der Waals surface area contributed by atoms with Crippen LogP contribution in [-0.2, 0) is 20.8 Å². The number of aromatic hydroxyl groups is 1. The van der Waals surface area contributed by atoms with Gasteiger partial charge in [-0.15, -0.1) is 0 Å². The molecule has 4 atom stereocenters. The molecule has 4 unspecified atom stereocenters. The van der Waals surface area contributed by atoms with Crippen LogP contribution in [0.1, 0.15) is 49.4 Å². The van der Waals surface area contributed by atoms with Crippen LogP contribution in [0.4, 0.5) is 0 Å². The first-order valence-electron chi connectivity index (χ1n) is 11.5. The zero-order valence-corrected chi connectivity index (χ0v) is 18.2. The summed E-state index contributed by atoms with van der Waals surface area (Å²) >= 11 is 0. The molecule has 1 saturated carbocycles. The van der Waals surface area contributed by atoms with Gasteiger partial charge in [0.2, 0.25) is 11.8 Å². The van der Waals surface area contributed by atoms with Crippen LogP contribution in [0.2, 0.25) is 0 Å². The second-order valence-electron chi connectivity index (χ2n) is 9.34. The summed E-state index contributed by atoms with van der Waals surface area (Å²) in [5.74, 6) is -3.66. The van der Waals surface area contributed by atoms with E-state index in [1.807, 2.05) is 0 Å². The number of phenols is 1. The van der Waals surface area contributed by atoms with Crippen molar-refractivity contribution in [3.63, 3.8) is 0 Å². The Kier molecular flexibility index (Phi) is 5.40. The highest BCUT2D eigenvalue weighted by atomic mass is 16.4. The first-order valence-corrected chi connectivity index (χ1v) is 11.5. The van der Waals surface area contributed by atoms with Gasteiger partial charge >= 0.3 is 5.97 Å². The molecule has 3 aliphatic rings. The quantitative estimate of drug-likeness (QED) is 0.600. The molecule has 3 fully saturated rings. The third-order valence-corrected chi connectivity index (χ3v) is 7.44. The number of nitrogens with zero attached hydrogens (tertiary/aromatic N) is 2. The number of carboxylic acid groups (broad SMARTS) is 1. The molecule has 33 heavy (non-hydrogen) atoms. The van der Waals surface area contributed by atoms with Gasteiger partial charge in [0.05, 0.1) is 23.6 Å². The number of aliphatic carboxylic acids is 1. The Morgan fingerprint density at radius 2 is 1.79 bits per heavy atom. The van der Waals surface area contributed by atoms with E-state index in [4.69, 9.17) is 0 Å². The number of carbonyl (C=O) groups is 3. The number of phenolic OH excluding ortho intramolecular Hbond substituents is 1. The van der Waals surface area contributed by atoms with Crippen LogP contribution in [-0.4, -0.2) is 49.5 Å². The summed E-state index contributed by atoms with van der Waals surface area (Å²) in [4.78, 5) is 46.1. The lowest BCUT2D eigenvalue weighted by Crippen LogP contribution is -2.58. The van der Waals surface area contributed by atoms with E-state index in [2.05, 4.69) is 10.3 Å². The fourth-order valence-electron chi connectivity index (χ4n) is 5.91. The number of rotatable bonds is 5. The van der Waals surface area contributed by atoms with Crippen molar-refractivity contribution in [1.82, 2.24) is 15.2 Å². The molecule has 8 heteroatoms. The second kappa shape index (κ2) is 8.26. The van der Waals surface area contributed by atoms with Gasteiger partial charge in [0.25, 0.3) is 0 Å². The highest BCUT2D eigenvalue weighted by Crippen LogP contribution is 2.50. The molecule has 2 aliphatic heterocycles. The molecule has 1 aromatic heterocycles. The number of carbonyl (C=O) groups excluding carboxylic acids is 2. The molecular weight excluding hydrogens is 422 g/mol. The molecule has 1 aliphatic carbocycles. The standard InChI is InChI=1S/C25H27N3O5/c29-17-11-9-15(10-12-17)14-25(24(32)33)20-19(21(27-25)18-8-4-5-13-26-18)22(30)28(23(20)31)16-6-2-1-3-7-16/h4-5,8-13,16,19-21,27,29H,1-3,6-7,14H2,(H,32,33). The number of likely N-dealkylation sites (tertiary alicyclic amines) is 1. The second-order valence-corrected chi connectivity index (χ2v) is 9.34. The van der Waals surface area contributed by atoms with E-state index in [0.29, 0.717) is 11.3 Å². The van der Waals surface area contributed by atoms with Crippen molar-refractivity contribution in [3.05, 3.63) is 59.9 Å². The van der Waals surface area contributed by atoms with Crippen LogP contribution in [0.3, 0.4) is 0 Å². The smallest absolute Gasteiger partial charge is 0.325 e. The number of amides is 2. The van der Waals surface area contributed by atoms with Gasteiger partial charge in [-0.25, -0.2) is 0 Å². The molecule has 3 heterocycles. The van der Waals surface area contributed by atoms with Gasteiger partial charge in [0.15, 0.2) is 0 Å². The van der Waals surface area contributed by atoms with Crippen molar-refractivity contribution < 1.29 is 24.6 Å². The van der Waals surface area contributed by atoms with Gasteiger partial charge in [-0.05, 0) is 42.7 Å². The van der Waals surface area contributed by atoms with Gasteiger partial charge in [-0.2, -0.15) is 0 Å². The summed E-state index contributed by atoms with van der Waals surface area (Å²) in [6.07, 6.45) is 6.12. The molecule has 5 rings (SSSR count). The molecule has 2 aromatic rings. The molecule has 172 valence electrons. The number of fused-ring (bicyclic) bond motifs is 1. The van der Waals surface area contributed by atoms with E-state index in [1.54, 1.807) is 36.5 Å². The van der Waals surface area contributed by atoms with E-state index in [9.17, 15) is 24.6 Å². The number of nitrogens with one attached hydrogen (secondary N) is 1. The number of aromatic nitrogens is 1. The van der Waals surface area contributed by atoms with Crippen LogP contribution >= 0.6 is 0 Å². The van der Waals surface area contributed by atoms with E-state index in [1.165, 1.54) is 17.0 Å². The van der Waals surface area contributed by atoms with Crippen LogP contribution in [0.15, 0.2) is 48.7 Å². The minimum Gasteiger partial charge on any atom is -0.508 e. The summed E-state index contributed by atoms with van der Waals surface area (Å²) in [5, 5.41) is 23.3. The Labute approximate surface area is 191 Å². The van der Waals surface area contributed by atoms with E-state index < -0.39 is 35.3 Å². The Morgan fingerprint density at radius 3 is 2.42 bits per heavy atom. The monoisotopic (exact) mass is 449 g/mol. The average molecular weight is 450 g/mol. The number of carboxylic acids is 1. The molecule has 0 bridgehead atoms. The summed E-state index contributed by atoms with van der Waals surface area (Å²) in [6.45, 7) is 0. The van der Waals surface area contributed by atoms with Gasteiger partial charge in [0.1, 0.15) is 11.3 Å². The van der Waals surface area contributed by atoms with Gasteiger partial charge in [-0.1, -0.05) is 37.5 Å². The third-order valence-electron chi connectivity index (χ3n) is 7.44. The Balaban J connectivity index is 1.60. The van der Waals surface area contributed by atoms with Crippen LogP contribution in [0, 0.1) is 11.8 Å². The number of hydrogen-bond donors (Lipinski definition) is 3. The highest BCUT2D eigenvalue weighted by Gasteiger charge is 2.69. The van der Waals surface area contributed by atoms with Gasteiger partial charge in [0, 0.05) is 18.7 Å². The van der Waals surface area contributed by atoms with E-state index >= 15 is 0 Å². The Hall–Kier alpha value is -3.26. The van der Waals surface area contributed by atoms with Crippen molar-refractivity contribution in [2.24, 2.45) is 11.8 Å². The minimum atomic E-state index is -1.67. The third kappa shape index (κ3) is 3.49. The van der Waals surface area contributed by atoms with Gasteiger partial charge in [-0.3, -0.25) is 29.6 Å². The first-order chi connectivity index (χ1) is 15.9. The number of hydrogen-bond acceptors (Lipinski definition) is 6. The normalized spacial score (nSPS) is 29.9. The van der Waals surface area contributed by atoms with E-state index in [0.717, 1.165) is 32.1 Å². The van der Waals surface area contributed by atoms with Crippen molar-refractivity contribution in [1.29, 1.82) is 0 Å². The van der Waals surface area contributed by atoms with Crippen molar-refractivity contribution >= 4 is 17.8 Å². The fraction of sp³-hybridized carbons (Fsp3) is 0.440. The summed E-state index contributed by atoms with van der Waals surface area (Å²) in [5.41, 5.74) is -0.465. The topological polar surface area (TPSA) is 120 Å². The SMILES string of the molecule is O=C1C2C(c3ccccn3)NC(Cc3ccc(O)cc3)(C(=O)O)C2C(=O)N1C1CCCCC1. The molecule has 8 nitrogen and oxygen atoms in total. The number of benzene rings is 1. The number of imide groups is 1. The van der Waals surface area contributed by atoms with Crippen molar-refractivity contribution in [2.45, 2.75) is 56.1 Å². The maximum absolute atomic E-state index is 13.8. The van der Waals surface area contributed by atoms with Crippen LogP contribution in [0.5, 0.6) is 5.75 Å². The fourth-order valence-corrected chi connectivity index (χ4v) is 5.91. The van der Waals surface area contributed by atoms with Crippen molar-refractivity contribution in [2.75, 3.05) is 0 Å². The summed E-state index contributed by atoms with van der Waals surface area (Å²) in [7, 11) is 0. The summed E-state index contributed by atoms with van der Waals surface area (Å²) < 4.78 is 0. The predicted octanol–water partition coefficient (Wildman–Crippen LogP) is 2.43. The number of pyridine rings is 1. The van der Waals surface area contributed by atoms with Crippen LogP contribution in [0.25, 0.3) is 0 Å². The first kappa shape index (κ1) is 21.6. The molecule has 1 aromatic carbocycles. The largest absolute Gasteiger partial charge is 0.508 e. The average Bonchev–Trinajstić information content (AvgIpc) is 3.31. The maximum Gasteiger partial charge on any atom is 0.325 e. The van der Waals surface area contributed by atoms with E-state index in [-0.39, 0.29) is 24.1 Å². The maximum atomic E-state index is 13.8. The molecular formula is C25H27N3O5. The lowest BCUT2D eigenvalue weighted by atomic mass is 9.76. The molecule has 2 amide bonds. The highest BCUT2D eigenvalue weighted by molar-refractivity contribution is 6.09. The molecule has 0 spiro atoms. The van der Waals surface area contributed by atoms with Crippen molar-refractivity contribution in [3.8, 4) is 5.75 Å². The lowest BCUT2D eigenvalue weighted by molar-refractivity contribution is -0.152. The zero-order chi connectivity index (χ0) is 23.2. The minimum absolute atomic E-state index is 0.00460. The Morgan fingerprint density at radius 1 is 1.06 bits per heavy atom.